The summed E-state index contributed by atoms with van der Waals surface area (Å²) in [7, 11) is 1.38. The number of carbonyl (C=O) groups excluding carboxylic acids is 1. The fourth-order valence-electron chi connectivity index (χ4n) is 2.07. The minimum atomic E-state index is -0.366. The number of rotatable bonds is 3. The molecule has 0 amide bonds. The molecule has 0 aliphatic carbocycles. The Labute approximate surface area is 132 Å². The van der Waals surface area contributed by atoms with E-state index < -0.39 is 0 Å². The SMILES string of the molecule is COC(=O)C1=C(C(C)C)SCN1c1c(Cl)cccc1Cl. The van der Waals surface area contributed by atoms with Gasteiger partial charge in [0.05, 0.1) is 28.7 Å². The molecule has 0 atom stereocenters. The Morgan fingerprint density at radius 3 is 2.45 bits per heavy atom. The summed E-state index contributed by atoms with van der Waals surface area (Å²) in [6, 6.07) is 5.30. The molecule has 1 aromatic carbocycles. The van der Waals surface area contributed by atoms with E-state index in [0.717, 1.165) is 4.91 Å². The van der Waals surface area contributed by atoms with Gasteiger partial charge in [-0.2, -0.15) is 0 Å². The summed E-state index contributed by atoms with van der Waals surface area (Å²) in [6.07, 6.45) is 0. The third kappa shape index (κ3) is 2.78. The van der Waals surface area contributed by atoms with Crippen LogP contribution in [0.25, 0.3) is 0 Å². The minimum Gasteiger partial charge on any atom is -0.464 e. The molecular formula is C14H15Cl2NO2S. The lowest BCUT2D eigenvalue weighted by Crippen LogP contribution is -2.25. The summed E-state index contributed by atoms with van der Waals surface area (Å²) in [5.41, 5.74) is 1.18. The molecule has 108 valence electrons. The zero-order valence-corrected chi connectivity index (χ0v) is 13.8. The summed E-state index contributed by atoms with van der Waals surface area (Å²) in [5.74, 6) is 0.469. The highest BCUT2D eigenvalue weighted by Crippen LogP contribution is 2.44. The zero-order valence-electron chi connectivity index (χ0n) is 11.4. The summed E-state index contributed by atoms with van der Waals surface area (Å²) >= 11 is 14.1. The van der Waals surface area contributed by atoms with Gasteiger partial charge in [0, 0.05) is 4.91 Å². The van der Waals surface area contributed by atoms with Crippen molar-refractivity contribution in [2.75, 3.05) is 17.9 Å². The Balaban J connectivity index is 2.55. The first-order chi connectivity index (χ1) is 9.47. The monoisotopic (exact) mass is 331 g/mol. The maximum atomic E-state index is 12.1. The predicted octanol–water partition coefficient (Wildman–Crippen LogP) is 4.54. The summed E-state index contributed by atoms with van der Waals surface area (Å²) in [4.78, 5) is 14.9. The van der Waals surface area contributed by atoms with Crippen molar-refractivity contribution < 1.29 is 9.53 Å². The fraction of sp³-hybridized carbons (Fsp3) is 0.357. The molecule has 6 heteroatoms. The van der Waals surface area contributed by atoms with Crippen molar-refractivity contribution in [1.82, 2.24) is 0 Å². The van der Waals surface area contributed by atoms with E-state index in [-0.39, 0.29) is 11.9 Å². The first-order valence-corrected chi connectivity index (χ1v) is 7.88. The maximum Gasteiger partial charge on any atom is 0.355 e. The van der Waals surface area contributed by atoms with Crippen molar-refractivity contribution >= 4 is 46.6 Å². The molecule has 1 heterocycles. The molecule has 0 N–H and O–H groups in total. The van der Waals surface area contributed by atoms with Crippen molar-refractivity contribution in [2.24, 2.45) is 5.92 Å². The second-order valence-electron chi connectivity index (χ2n) is 4.63. The van der Waals surface area contributed by atoms with Crippen LogP contribution in [-0.4, -0.2) is 19.0 Å². The van der Waals surface area contributed by atoms with Gasteiger partial charge in [0.2, 0.25) is 0 Å². The van der Waals surface area contributed by atoms with Crippen LogP contribution in [0, 0.1) is 5.92 Å². The first-order valence-electron chi connectivity index (χ1n) is 6.14. The van der Waals surface area contributed by atoms with Crippen LogP contribution in [0.1, 0.15) is 13.8 Å². The third-order valence-electron chi connectivity index (χ3n) is 2.96. The molecular weight excluding hydrogens is 317 g/mol. The van der Waals surface area contributed by atoms with Gasteiger partial charge in [-0.3, -0.25) is 0 Å². The molecule has 0 radical (unpaired) electrons. The van der Waals surface area contributed by atoms with Crippen LogP contribution in [0.15, 0.2) is 28.8 Å². The molecule has 1 aliphatic rings. The average molecular weight is 332 g/mol. The van der Waals surface area contributed by atoms with Crippen LogP contribution >= 0.6 is 35.0 Å². The number of benzene rings is 1. The molecule has 0 spiro atoms. The van der Waals surface area contributed by atoms with Gasteiger partial charge in [-0.1, -0.05) is 43.1 Å². The Bertz CT molecular complexity index is 552. The molecule has 2 rings (SSSR count). The normalized spacial score (nSPS) is 15.2. The average Bonchev–Trinajstić information content (AvgIpc) is 2.82. The van der Waals surface area contributed by atoms with E-state index in [2.05, 4.69) is 0 Å². The lowest BCUT2D eigenvalue weighted by atomic mass is 10.1. The highest BCUT2D eigenvalue weighted by molar-refractivity contribution is 8.03. The lowest BCUT2D eigenvalue weighted by molar-refractivity contribution is -0.136. The largest absolute Gasteiger partial charge is 0.464 e. The number of thioether (sulfide) groups is 1. The van der Waals surface area contributed by atoms with E-state index in [9.17, 15) is 4.79 Å². The van der Waals surface area contributed by atoms with E-state index in [1.165, 1.54) is 7.11 Å². The number of carbonyl (C=O) groups is 1. The van der Waals surface area contributed by atoms with Gasteiger partial charge in [0.15, 0.2) is 0 Å². The second kappa shape index (κ2) is 6.29. The molecule has 0 fully saturated rings. The highest BCUT2D eigenvalue weighted by Gasteiger charge is 2.33. The summed E-state index contributed by atoms with van der Waals surface area (Å²) in [5, 5.41) is 1.04. The molecule has 1 aromatic rings. The smallest absolute Gasteiger partial charge is 0.355 e. The van der Waals surface area contributed by atoms with Crippen LogP contribution in [0.3, 0.4) is 0 Å². The predicted molar refractivity (Wildman–Crippen MR) is 85.3 cm³/mol. The molecule has 1 aliphatic heterocycles. The number of hydrogen-bond donors (Lipinski definition) is 0. The number of methoxy groups -OCH3 is 1. The molecule has 0 bridgehead atoms. The standard InChI is InChI=1S/C14H15Cl2NO2S/c1-8(2)13-12(14(18)19-3)17(7-20-13)11-9(15)5-4-6-10(11)16/h4-6,8H,7H2,1-3H3. The molecule has 3 nitrogen and oxygen atoms in total. The van der Waals surface area contributed by atoms with Crippen molar-refractivity contribution in [3.8, 4) is 0 Å². The van der Waals surface area contributed by atoms with Gasteiger partial charge in [-0.25, -0.2) is 4.79 Å². The number of para-hydroxylation sites is 1. The lowest BCUT2D eigenvalue weighted by Gasteiger charge is -2.22. The molecule has 0 saturated heterocycles. The number of halogens is 2. The van der Waals surface area contributed by atoms with Crippen molar-refractivity contribution in [2.45, 2.75) is 13.8 Å². The van der Waals surface area contributed by atoms with Gasteiger partial charge in [0.25, 0.3) is 0 Å². The quantitative estimate of drug-likeness (QED) is 0.760. The van der Waals surface area contributed by atoms with Crippen LogP contribution in [0.4, 0.5) is 5.69 Å². The van der Waals surface area contributed by atoms with Crippen molar-refractivity contribution in [3.05, 3.63) is 38.8 Å². The Kier molecular flexibility index (Phi) is 4.89. The van der Waals surface area contributed by atoms with Crippen LogP contribution < -0.4 is 4.90 Å². The van der Waals surface area contributed by atoms with E-state index in [0.29, 0.717) is 27.3 Å². The van der Waals surface area contributed by atoms with Gasteiger partial charge in [0.1, 0.15) is 5.70 Å². The number of hydrogen-bond acceptors (Lipinski definition) is 4. The second-order valence-corrected chi connectivity index (χ2v) is 6.43. The topological polar surface area (TPSA) is 29.5 Å². The Hall–Kier alpha value is -0.840. The Morgan fingerprint density at radius 1 is 1.35 bits per heavy atom. The van der Waals surface area contributed by atoms with Crippen molar-refractivity contribution in [3.63, 3.8) is 0 Å². The number of esters is 1. The number of anilines is 1. The zero-order chi connectivity index (χ0) is 14.9. The Morgan fingerprint density at radius 2 is 1.95 bits per heavy atom. The van der Waals surface area contributed by atoms with Crippen LogP contribution in [0.5, 0.6) is 0 Å². The highest BCUT2D eigenvalue weighted by atomic mass is 35.5. The van der Waals surface area contributed by atoms with Crippen molar-refractivity contribution in [1.29, 1.82) is 0 Å². The number of allylic oxidation sites excluding steroid dienone is 1. The van der Waals surface area contributed by atoms with E-state index in [1.807, 2.05) is 18.7 Å². The molecule has 0 saturated carbocycles. The van der Waals surface area contributed by atoms with E-state index >= 15 is 0 Å². The summed E-state index contributed by atoms with van der Waals surface area (Å²) in [6.45, 7) is 4.09. The molecule has 0 unspecified atom stereocenters. The summed E-state index contributed by atoms with van der Waals surface area (Å²) < 4.78 is 4.91. The van der Waals surface area contributed by atoms with Gasteiger partial charge in [-0.15, -0.1) is 11.8 Å². The van der Waals surface area contributed by atoms with E-state index in [1.54, 1.807) is 30.0 Å². The fourth-order valence-corrected chi connectivity index (χ4v) is 3.86. The number of nitrogens with zero attached hydrogens (tertiary/aromatic N) is 1. The van der Waals surface area contributed by atoms with E-state index in [4.69, 9.17) is 27.9 Å². The van der Waals surface area contributed by atoms with Gasteiger partial charge >= 0.3 is 5.97 Å². The van der Waals surface area contributed by atoms with Gasteiger partial charge < -0.3 is 9.64 Å². The van der Waals surface area contributed by atoms with Gasteiger partial charge in [-0.05, 0) is 18.1 Å². The van der Waals surface area contributed by atoms with Crippen LogP contribution in [-0.2, 0) is 9.53 Å². The molecule has 0 aromatic heterocycles. The molecule has 20 heavy (non-hydrogen) atoms. The maximum absolute atomic E-state index is 12.1. The third-order valence-corrected chi connectivity index (χ3v) is 4.94. The minimum absolute atomic E-state index is 0.236. The van der Waals surface area contributed by atoms with Crippen LogP contribution in [0.2, 0.25) is 10.0 Å². The first kappa shape index (κ1) is 15.5. The number of ether oxygens (including phenoxy) is 1.